The van der Waals surface area contributed by atoms with Gasteiger partial charge in [-0.1, -0.05) is 6.92 Å². The van der Waals surface area contributed by atoms with Crippen molar-refractivity contribution in [2.45, 2.75) is 39.7 Å². The maximum Gasteiger partial charge on any atom is 0.252 e. The molecule has 0 saturated carbocycles. The van der Waals surface area contributed by atoms with Gasteiger partial charge in [-0.25, -0.2) is 4.98 Å². The molecule has 1 heterocycles. The Hall–Kier alpha value is -1.62. The van der Waals surface area contributed by atoms with Gasteiger partial charge in [-0.3, -0.25) is 4.79 Å². The molecule has 100 valence electrons. The molecule has 1 atom stereocenters. The summed E-state index contributed by atoms with van der Waals surface area (Å²) in [6.45, 7) is 8.22. The van der Waals surface area contributed by atoms with Crippen molar-refractivity contribution in [3.8, 4) is 0 Å². The van der Waals surface area contributed by atoms with Crippen molar-refractivity contribution in [2.75, 3.05) is 11.9 Å². The summed E-state index contributed by atoms with van der Waals surface area (Å²) in [6, 6.07) is 1.84. The minimum absolute atomic E-state index is 0.294. The van der Waals surface area contributed by atoms with Gasteiger partial charge >= 0.3 is 0 Å². The SMILES string of the molecule is CCC(C)(CN)Nc1nc(C)cc(C)c1C(N)=O. The van der Waals surface area contributed by atoms with E-state index in [1.54, 1.807) is 0 Å². The maximum atomic E-state index is 11.5. The number of aryl methyl sites for hydroxylation is 2. The van der Waals surface area contributed by atoms with Gasteiger partial charge in [0.05, 0.1) is 5.56 Å². The van der Waals surface area contributed by atoms with Gasteiger partial charge in [0.15, 0.2) is 0 Å². The van der Waals surface area contributed by atoms with Crippen LogP contribution in [-0.2, 0) is 0 Å². The molecular weight excluding hydrogens is 228 g/mol. The number of nitrogens with zero attached hydrogens (tertiary/aromatic N) is 1. The van der Waals surface area contributed by atoms with Gasteiger partial charge in [0.1, 0.15) is 5.82 Å². The van der Waals surface area contributed by atoms with E-state index in [-0.39, 0.29) is 5.54 Å². The van der Waals surface area contributed by atoms with Crippen molar-refractivity contribution >= 4 is 11.7 Å². The molecule has 0 aromatic carbocycles. The van der Waals surface area contributed by atoms with E-state index in [2.05, 4.69) is 10.3 Å². The summed E-state index contributed by atoms with van der Waals surface area (Å²) in [5.74, 6) is 0.0489. The lowest BCUT2D eigenvalue weighted by Gasteiger charge is -2.29. The number of rotatable bonds is 5. The topological polar surface area (TPSA) is 94.0 Å². The molecule has 5 nitrogen and oxygen atoms in total. The summed E-state index contributed by atoms with van der Waals surface area (Å²) in [5, 5.41) is 3.25. The normalized spacial score (nSPS) is 14.1. The third-order valence-corrected chi connectivity index (χ3v) is 3.24. The lowest BCUT2D eigenvalue weighted by Crippen LogP contribution is -2.42. The van der Waals surface area contributed by atoms with Crippen molar-refractivity contribution in [1.82, 2.24) is 4.98 Å². The maximum absolute atomic E-state index is 11.5. The minimum atomic E-state index is -0.474. The summed E-state index contributed by atoms with van der Waals surface area (Å²) in [6.07, 6.45) is 0.830. The Morgan fingerprint density at radius 1 is 1.50 bits per heavy atom. The van der Waals surface area contributed by atoms with Gasteiger partial charge in [0.25, 0.3) is 5.91 Å². The lowest BCUT2D eigenvalue weighted by atomic mass is 9.98. The highest BCUT2D eigenvalue weighted by atomic mass is 16.1. The summed E-state index contributed by atoms with van der Waals surface area (Å²) >= 11 is 0. The average molecular weight is 250 g/mol. The smallest absolute Gasteiger partial charge is 0.252 e. The standard InChI is InChI=1S/C13H22N4O/c1-5-13(4,7-14)17-12-10(11(15)18)8(2)6-9(3)16-12/h6H,5,7,14H2,1-4H3,(H2,15,18)(H,16,17). The van der Waals surface area contributed by atoms with Crippen LogP contribution in [0, 0.1) is 13.8 Å². The molecule has 0 saturated heterocycles. The van der Waals surface area contributed by atoms with Crippen LogP contribution in [0.5, 0.6) is 0 Å². The number of amides is 1. The first-order valence-electron chi connectivity index (χ1n) is 6.09. The van der Waals surface area contributed by atoms with Crippen LogP contribution < -0.4 is 16.8 Å². The molecule has 0 spiro atoms. The molecule has 0 bridgehead atoms. The number of hydrogen-bond donors (Lipinski definition) is 3. The van der Waals surface area contributed by atoms with Gasteiger partial charge in [-0.2, -0.15) is 0 Å². The molecule has 1 aromatic rings. The fourth-order valence-electron chi connectivity index (χ4n) is 1.81. The van der Waals surface area contributed by atoms with Crippen LogP contribution in [0.3, 0.4) is 0 Å². The lowest BCUT2D eigenvalue weighted by molar-refractivity contribution is 0.1000. The van der Waals surface area contributed by atoms with Crippen molar-refractivity contribution in [3.63, 3.8) is 0 Å². The third-order valence-electron chi connectivity index (χ3n) is 3.24. The fourth-order valence-corrected chi connectivity index (χ4v) is 1.81. The first-order valence-corrected chi connectivity index (χ1v) is 6.09. The summed E-state index contributed by atoms with van der Waals surface area (Å²) in [4.78, 5) is 15.9. The molecule has 1 unspecified atom stereocenters. The molecule has 5 heteroatoms. The van der Waals surface area contributed by atoms with E-state index in [1.165, 1.54) is 0 Å². The van der Waals surface area contributed by atoms with Crippen LogP contribution in [0.1, 0.15) is 41.9 Å². The van der Waals surface area contributed by atoms with Crippen molar-refractivity contribution in [2.24, 2.45) is 11.5 Å². The van der Waals surface area contributed by atoms with Crippen LogP contribution in [0.15, 0.2) is 6.07 Å². The van der Waals surface area contributed by atoms with Crippen molar-refractivity contribution in [1.29, 1.82) is 0 Å². The van der Waals surface area contributed by atoms with Gasteiger partial charge in [-0.15, -0.1) is 0 Å². The number of primary amides is 1. The number of hydrogen-bond acceptors (Lipinski definition) is 4. The summed E-state index contributed by atoms with van der Waals surface area (Å²) in [7, 11) is 0. The highest BCUT2D eigenvalue weighted by Gasteiger charge is 2.23. The highest BCUT2D eigenvalue weighted by Crippen LogP contribution is 2.23. The Bertz CT molecular complexity index is 453. The molecule has 0 radical (unpaired) electrons. The zero-order valence-electron chi connectivity index (χ0n) is 11.5. The molecule has 1 aromatic heterocycles. The van der Waals surface area contributed by atoms with Gasteiger partial charge in [-0.05, 0) is 38.8 Å². The number of aromatic nitrogens is 1. The van der Waals surface area contributed by atoms with E-state index in [0.29, 0.717) is 17.9 Å². The average Bonchev–Trinajstić information content (AvgIpc) is 2.27. The van der Waals surface area contributed by atoms with Crippen LogP contribution in [0.4, 0.5) is 5.82 Å². The van der Waals surface area contributed by atoms with Gasteiger partial charge in [0.2, 0.25) is 0 Å². The predicted octanol–water partition coefficient (Wildman–Crippen LogP) is 1.34. The third kappa shape index (κ3) is 2.98. The number of anilines is 1. The number of carbonyl (C=O) groups is 1. The molecule has 18 heavy (non-hydrogen) atoms. The highest BCUT2D eigenvalue weighted by molar-refractivity contribution is 5.99. The Morgan fingerprint density at radius 2 is 2.11 bits per heavy atom. The van der Waals surface area contributed by atoms with Crippen molar-refractivity contribution in [3.05, 3.63) is 22.9 Å². The van der Waals surface area contributed by atoms with Crippen molar-refractivity contribution < 1.29 is 4.79 Å². The number of carbonyl (C=O) groups excluding carboxylic acids is 1. The van der Waals surface area contributed by atoms with E-state index in [1.807, 2.05) is 33.8 Å². The zero-order valence-corrected chi connectivity index (χ0v) is 11.5. The minimum Gasteiger partial charge on any atom is -0.365 e. The van der Waals surface area contributed by atoms with Crippen LogP contribution in [0.25, 0.3) is 0 Å². The van der Waals surface area contributed by atoms with E-state index < -0.39 is 5.91 Å². The molecule has 1 rings (SSSR count). The number of nitrogens with two attached hydrogens (primary N) is 2. The van der Waals surface area contributed by atoms with Crippen LogP contribution in [-0.4, -0.2) is 23.0 Å². The molecule has 0 aliphatic rings. The van der Waals surface area contributed by atoms with Crippen LogP contribution in [0.2, 0.25) is 0 Å². The monoisotopic (exact) mass is 250 g/mol. The predicted molar refractivity (Wildman–Crippen MR) is 73.6 cm³/mol. The first-order chi connectivity index (χ1) is 8.33. The molecule has 5 N–H and O–H groups in total. The molecule has 0 fully saturated rings. The quantitative estimate of drug-likeness (QED) is 0.735. The zero-order chi connectivity index (χ0) is 13.9. The largest absolute Gasteiger partial charge is 0.365 e. The molecule has 1 amide bonds. The second kappa shape index (κ2) is 5.35. The molecular formula is C13H22N4O. The van der Waals surface area contributed by atoms with Crippen LogP contribution >= 0.6 is 0 Å². The Morgan fingerprint density at radius 3 is 2.56 bits per heavy atom. The van der Waals surface area contributed by atoms with E-state index >= 15 is 0 Å². The Labute approximate surface area is 108 Å². The molecule has 0 aliphatic heterocycles. The first kappa shape index (κ1) is 14.4. The summed E-state index contributed by atoms with van der Waals surface area (Å²) in [5.41, 5.74) is 13.0. The number of nitrogens with one attached hydrogen (secondary N) is 1. The second-order valence-electron chi connectivity index (χ2n) is 4.91. The Kier molecular flexibility index (Phi) is 4.29. The van der Waals surface area contributed by atoms with Gasteiger partial charge < -0.3 is 16.8 Å². The fraction of sp³-hybridized carbons (Fsp3) is 0.538. The Balaban J connectivity index is 3.27. The number of pyridine rings is 1. The molecule has 0 aliphatic carbocycles. The van der Waals surface area contributed by atoms with E-state index in [9.17, 15) is 4.79 Å². The summed E-state index contributed by atoms with van der Waals surface area (Å²) < 4.78 is 0. The second-order valence-corrected chi connectivity index (χ2v) is 4.91. The van der Waals surface area contributed by atoms with E-state index in [0.717, 1.165) is 17.7 Å². The van der Waals surface area contributed by atoms with E-state index in [4.69, 9.17) is 11.5 Å². The van der Waals surface area contributed by atoms with Gasteiger partial charge in [0, 0.05) is 17.8 Å².